The topological polar surface area (TPSA) is 55.1 Å². The Hall–Kier alpha value is -1.51. The fourth-order valence-corrected chi connectivity index (χ4v) is 1.81. The maximum Gasteiger partial charge on any atom is 0.230 e. The van der Waals surface area contributed by atoms with Crippen molar-refractivity contribution in [2.75, 3.05) is 12.3 Å². The number of carbonyl (C=O) groups excluding carboxylic acids is 1. The monoisotopic (exact) mass is 232 g/mol. The van der Waals surface area contributed by atoms with E-state index in [0.717, 1.165) is 17.8 Å². The first-order valence-corrected chi connectivity index (χ1v) is 6.14. The standard InChI is InChI=1S/C14H20N2O/c1-14(2,11-5-7-12(15)8-6-11)13(17)16-9-10-3-4-10/h5-8,10H,3-4,9,15H2,1-2H3,(H,16,17). The Balaban J connectivity index is 2.04. The number of hydrogen-bond donors (Lipinski definition) is 2. The van der Waals surface area contributed by atoms with Gasteiger partial charge in [-0.2, -0.15) is 0 Å². The van der Waals surface area contributed by atoms with Crippen LogP contribution in [-0.2, 0) is 10.2 Å². The molecule has 1 aromatic rings. The predicted molar refractivity (Wildman–Crippen MR) is 69.6 cm³/mol. The lowest BCUT2D eigenvalue weighted by Crippen LogP contribution is -2.40. The van der Waals surface area contributed by atoms with Gasteiger partial charge in [0.25, 0.3) is 0 Å². The second-order valence-electron chi connectivity index (χ2n) is 5.40. The molecule has 17 heavy (non-hydrogen) atoms. The quantitative estimate of drug-likeness (QED) is 0.781. The number of nitrogen functional groups attached to an aromatic ring is 1. The lowest BCUT2D eigenvalue weighted by atomic mass is 9.83. The Bertz CT molecular complexity index is 405. The number of rotatable bonds is 4. The number of amides is 1. The van der Waals surface area contributed by atoms with E-state index in [1.165, 1.54) is 12.8 Å². The molecule has 92 valence electrons. The van der Waals surface area contributed by atoms with E-state index >= 15 is 0 Å². The zero-order valence-electron chi connectivity index (χ0n) is 10.5. The van der Waals surface area contributed by atoms with E-state index in [2.05, 4.69) is 5.32 Å². The molecule has 1 saturated carbocycles. The van der Waals surface area contributed by atoms with Crippen LogP contribution in [0.1, 0.15) is 32.3 Å². The van der Waals surface area contributed by atoms with Crippen LogP contribution in [0.5, 0.6) is 0 Å². The number of nitrogens with two attached hydrogens (primary N) is 1. The zero-order chi connectivity index (χ0) is 12.5. The van der Waals surface area contributed by atoms with Crippen LogP contribution in [0, 0.1) is 5.92 Å². The van der Waals surface area contributed by atoms with E-state index in [4.69, 9.17) is 5.73 Å². The summed E-state index contributed by atoms with van der Waals surface area (Å²) in [7, 11) is 0. The highest BCUT2D eigenvalue weighted by molar-refractivity contribution is 5.87. The van der Waals surface area contributed by atoms with Crippen molar-refractivity contribution >= 4 is 11.6 Å². The summed E-state index contributed by atoms with van der Waals surface area (Å²) in [5.41, 5.74) is 6.88. The van der Waals surface area contributed by atoms with Gasteiger partial charge in [0.2, 0.25) is 5.91 Å². The van der Waals surface area contributed by atoms with E-state index in [-0.39, 0.29) is 5.91 Å². The van der Waals surface area contributed by atoms with E-state index < -0.39 is 5.41 Å². The summed E-state index contributed by atoms with van der Waals surface area (Å²) in [4.78, 5) is 12.1. The molecule has 0 radical (unpaired) electrons. The predicted octanol–water partition coefficient (Wildman–Crippen LogP) is 2.07. The second kappa shape index (κ2) is 4.40. The maximum atomic E-state index is 12.1. The second-order valence-corrected chi connectivity index (χ2v) is 5.40. The minimum atomic E-state index is -0.497. The average molecular weight is 232 g/mol. The van der Waals surface area contributed by atoms with Gasteiger partial charge in [0.1, 0.15) is 0 Å². The number of nitrogens with one attached hydrogen (secondary N) is 1. The molecule has 0 unspecified atom stereocenters. The van der Waals surface area contributed by atoms with Gasteiger partial charge in [0, 0.05) is 12.2 Å². The minimum absolute atomic E-state index is 0.0918. The van der Waals surface area contributed by atoms with Crippen LogP contribution in [0.4, 0.5) is 5.69 Å². The van der Waals surface area contributed by atoms with E-state index in [1.54, 1.807) is 0 Å². The molecule has 3 nitrogen and oxygen atoms in total. The minimum Gasteiger partial charge on any atom is -0.399 e. The lowest BCUT2D eigenvalue weighted by molar-refractivity contribution is -0.125. The molecule has 3 N–H and O–H groups in total. The normalized spacial score (nSPS) is 15.6. The molecule has 0 spiro atoms. The van der Waals surface area contributed by atoms with Gasteiger partial charge in [-0.25, -0.2) is 0 Å². The van der Waals surface area contributed by atoms with Gasteiger partial charge >= 0.3 is 0 Å². The van der Waals surface area contributed by atoms with Crippen LogP contribution in [0.2, 0.25) is 0 Å². The van der Waals surface area contributed by atoms with Crippen LogP contribution in [0.3, 0.4) is 0 Å². The third kappa shape index (κ3) is 2.78. The SMILES string of the molecule is CC(C)(C(=O)NCC1CC1)c1ccc(N)cc1. The van der Waals surface area contributed by atoms with Crippen molar-refractivity contribution in [3.63, 3.8) is 0 Å². The number of carbonyl (C=O) groups is 1. The van der Waals surface area contributed by atoms with Crippen LogP contribution in [0.25, 0.3) is 0 Å². The Morgan fingerprint density at radius 1 is 1.35 bits per heavy atom. The van der Waals surface area contributed by atoms with Crippen molar-refractivity contribution in [1.29, 1.82) is 0 Å². The Morgan fingerprint density at radius 3 is 2.47 bits per heavy atom. The lowest BCUT2D eigenvalue weighted by Gasteiger charge is -2.24. The number of hydrogen-bond acceptors (Lipinski definition) is 2. The molecule has 1 aromatic carbocycles. The molecule has 1 amide bonds. The summed E-state index contributed by atoms with van der Waals surface area (Å²) in [6.07, 6.45) is 2.51. The summed E-state index contributed by atoms with van der Waals surface area (Å²) in [6, 6.07) is 7.52. The van der Waals surface area contributed by atoms with Crippen molar-refractivity contribution in [1.82, 2.24) is 5.32 Å². The summed E-state index contributed by atoms with van der Waals surface area (Å²) < 4.78 is 0. The van der Waals surface area contributed by atoms with Gasteiger partial charge in [-0.1, -0.05) is 12.1 Å². The van der Waals surface area contributed by atoms with Gasteiger partial charge in [-0.3, -0.25) is 4.79 Å². The first kappa shape index (κ1) is 12.0. The van der Waals surface area contributed by atoms with Crippen LogP contribution in [-0.4, -0.2) is 12.5 Å². The molecule has 1 aliphatic carbocycles. The van der Waals surface area contributed by atoms with E-state index in [9.17, 15) is 4.79 Å². The highest BCUT2D eigenvalue weighted by atomic mass is 16.2. The van der Waals surface area contributed by atoms with Gasteiger partial charge in [0.05, 0.1) is 5.41 Å². The molecular weight excluding hydrogens is 212 g/mol. The fraction of sp³-hybridized carbons (Fsp3) is 0.500. The van der Waals surface area contributed by atoms with Gasteiger partial charge in [-0.05, 0) is 50.3 Å². The summed E-state index contributed by atoms with van der Waals surface area (Å²) in [6.45, 7) is 4.71. The van der Waals surface area contributed by atoms with Crippen molar-refractivity contribution in [3.05, 3.63) is 29.8 Å². The average Bonchev–Trinajstić information content (AvgIpc) is 3.10. The molecule has 2 rings (SSSR count). The van der Waals surface area contributed by atoms with Crippen LogP contribution >= 0.6 is 0 Å². The molecule has 0 bridgehead atoms. The van der Waals surface area contributed by atoms with Gasteiger partial charge < -0.3 is 11.1 Å². The molecule has 0 aromatic heterocycles. The Kier molecular flexibility index (Phi) is 3.09. The summed E-state index contributed by atoms with van der Waals surface area (Å²) in [5.74, 6) is 0.801. The zero-order valence-corrected chi connectivity index (χ0v) is 10.5. The smallest absolute Gasteiger partial charge is 0.230 e. The van der Waals surface area contributed by atoms with Gasteiger partial charge in [0.15, 0.2) is 0 Å². The maximum absolute atomic E-state index is 12.1. The molecule has 3 heteroatoms. The third-order valence-electron chi connectivity index (χ3n) is 3.45. The molecule has 0 saturated heterocycles. The molecule has 0 aliphatic heterocycles. The number of benzene rings is 1. The molecule has 0 heterocycles. The molecule has 1 aliphatic rings. The number of anilines is 1. The van der Waals surface area contributed by atoms with E-state index in [0.29, 0.717) is 5.92 Å². The van der Waals surface area contributed by atoms with Gasteiger partial charge in [-0.15, -0.1) is 0 Å². The summed E-state index contributed by atoms with van der Waals surface area (Å²) in [5, 5.41) is 3.03. The Labute approximate surface area is 102 Å². The molecular formula is C14H20N2O. The fourth-order valence-electron chi connectivity index (χ4n) is 1.81. The molecule has 0 atom stereocenters. The van der Waals surface area contributed by atoms with Crippen molar-refractivity contribution in [2.24, 2.45) is 5.92 Å². The van der Waals surface area contributed by atoms with Crippen LogP contribution < -0.4 is 11.1 Å². The Morgan fingerprint density at radius 2 is 1.94 bits per heavy atom. The first-order chi connectivity index (χ1) is 8.00. The first-order valence-electron chi connectivity index (χ1n) is 6.14. The molecule has 1 fully saturated rings. The summed E-state index contributed by atoms with van der Waals surface area (Å²) >= 11 is 0. The van der Waals surface area contributed by atoms with Crippen molar-refractivity contribution < 1.29 is 4.79 Å². The largest absolute Gasteiger partial charge is 0.399 e. The van der Waals surface area contributed by atoms with Crippen molar-refractivity contribution in [2.45, 2.75) is 32.1 Å². The highest BCUT2D eigenvalue weighted by Gasteiger charge is 2.31. The highest BCUT2D eigenvalue weighted by Crippen LogP contribution is 2.29. The van der Waals surface area contributed by atoms with Crippen molar-refractivity contribution in [3.8, 4) is 0 Å². The van der Waals surface area contributed by atoms with Crippen LogP contribution in [0.15, 0.2) is 24.3 Å². The third-order valence-corrected chi connectivity index (χ3v) is 3.45. The van der Waals surface area contributed by atoms with E-state index in [1.807, 2.05) is 38.1 Å².